The number of nitrogens with two attached hydrogens (primary N) is 1. The Bertz CT molecular complexity index is 662. The molecule has 1 fully saturated rings. The molecule has 22 heavy (non-hydrogen) atoms. The molecule has 1 aliphatic heterocycles. The van der Waals surface area contributed by atoms with Crippen LogP contribution in [0, 0.1) is 6.92 Å². The maximum absolute atomic E-state index is 11.8. The fourth-order valence-corrected chi connectivity index (χ4v) is 2.55. The van der Waals surface area contributed by atoms with E-state index in [9.17, 15) is 15.0 Å². The highest BCUT2D eigenvalue weighted by Crippen LogP contribution is 2.38. The summed E-state index contributed by atoms with van der Waals surface area (Å²) < 4.78 is 11.0. The molecule has 1 aromatic heterocycles. The Morgan fingerprint density at radius 3 is 2.73 bits per heavy atom. The lowest BCUT2D eigenvalue weighted by Gasteiger charge is -2.18. The fourth-order valence-electron chi connectivity index (χ4n) is 2.03. The summed E-state index contributed by atoms with van der Waals surface area (Å²) in [7, 11) is 0. The molecule has 1 aromatic rings. The summed E-state index contributed by atoms with van der Waals surface area (Å²) >= 11 is 4.28. The number of aryl methyl sites for hydroxylation is 1. The minimum atomic E-state index is -3.92. The van der Waals surface area contributed by atoms with Crippen LogP contribution in [0.3, 0.4) is 0 Å². The van der Waals surface area contributed by atoms with E-state index in [1.807, 2.05) is 0 Å². The molecule has 1 saturated heterocycles. The lowest BCUT2D eigenvalue weighted by Crippen LogP contribution is -2.36. The highest BCUT2D eigenvalue weighted by atomic mass is 32.5. The third kappa shape index (κ3) is 3.70. The molecule has 2 heterocycles. The van der Waals surface area contributed by atoms with E-state index in [0.717, 1.165) is 4.57 Å². The van der Waals surface area contributed by atoms with Gasteiger partial charge in [-0.3, -0.25) is 4.57 Å². The van der Waals surface area contributed by atoms with Crippen molar-refractivity contribution in [2.24, 2.45) is 0 Å². The Morgan fingerprint density at radius 1 is 1.50 bits per heavy atom. The van der Waals surface area contributed by atoms with Gasteiger partial charge in [0.05, 0.1) is 6.61 Å². The molecular formula is C10H16N3O7PS. The highest BCUT2D eigenvalue weighted by molar-refractivity contribution is 8.06. The molecule has 0 saturated carbocycles. The molecule has 1 aliphatic rings. The molecular weight excluding hydrogens is 337 g/mol. The van der Waals surface area contributed by atoms with E-state index >= 15 is 0 Å². The standard InChI is InChI=1S/C10H16N3O7PS/c1-4-2-13(10(16)12-8(4)11)9-7(15)6(14)5(20-9)3-19-21(17,18)22/h2,5-7,9,14-15H,3H2,1H3,(H2,11,12,16)(H2,17,18,22)/t5-,6-,7-,9-/m1/s1. The van der Waals surface area contributed by atoms with E-state index in [0.29, 0.717) is 5.56 Å². The first-order valence-corrected chi connectivity index (χ1v) is 8.79. The summed E-state index contributed by atoms with van der Waals surface area (Å²) in [6, 6.07) is 0. The average Bonchev–Trinajstić information content (AvgIpc) is 2.68. The number of ether oxygens (including phenoxy) is 1. The monoisotopic (exact) mass is 353 g/mol. The summed E-state index contributed by atoms with van der Waals surface area (Å²) in [6.45, 7) is -2.75. The van der Waals surface area contributed by atoms with Gasteiger partial charge in [-0.1, -0.05) is 0 Å². The van der Waals surface area contributed by atoms with E-state index in [4.69, 9.17) is 20.3 Å². The number of aromatic nitrogens is 2. The number of aliphatic hydroxyl groups excluding tert-OH is 2. The number of nitrogens with zero attached hydrogens (tertiary/aromatic N) is 2. The first kappa shape index (κ1) is 17.4. The normalized spacial score (nSPS) is 29.0. The summed E-state index contributed by atoms with van der Waals surface area (Å²) in [4.78, 5) is 33.4. The van der Waals surface area contributed by atoms with Crippen molar-refractivity contribution < 1.29 is 29.3 Å². The number of hydrogen-bond acceptors (Lipinski definition) is 8. The van der Waals surface area contributed by atoms with Crippen LogP contribution in [-0.2, 0) is 21.1 Å². The number of rotatable bonds is 4. The van der Waals surface area contributed by atoms with Gasteiger partial charge in [-0.25, -0.2) is 4.79 Å². The number of hydrogen-bond donors (Lipinski definition) is 5. The van der Waals surface area contributed by atoms with Crippen LogP contribution >= 0.6 is 6.72 Å². The average molecular weight is 353 g/mol. The Balaban J connectivity index is 2.22. The number of anilines is 1. The van der Waals surface area contributed by atoms with Crippen molar-refractivity contribution >= 4 is 24.3 Å². The maximum Gasteiger partial charge on any atom is 0.351 e. The van der Waals surface area contributed by atoms with Gasteiger partial charge in [0.15, 0.2) is 6.23 Å². The van der Waals surface area contributed by atoms with Crippen molar-refractivity contribution in [1.82, 2.24) is 9.55 Å². The van der Waals surface area contributed by atoms with Gasteiger partial charge in [-0.15, -0.1) is 0 Å². The molecule has 6 N–H and O–H groups in total. The largest absolute Gasteiger partial charge is 0.387 e. The van der Waals surface area contributed by atoms with Gasteiger partial charge in [-0.05, 0) is 18.7 Å². The molecule has 0 bridgehead atoms. The second kappa shape index (κ2) is 6.30. The van der Waals surface area contributed by atoms with Crippen molar-refractivity contribution in [3.8, 4) is 0 Å². The zero-order valence-corrected chi connectivity index (χ0v) is 13.1. The molecule has 12 heteroatoms. The number of nitrogen functional groups attached to an aromatic ring is 1. The predicted molar refractivity (Wildman–Crippen MR) is 78.2 cm³/mol. The van der Waals surface area contributed by atoms with Crippen LogP contribution in [0.1, 0.15) is 11.8 Å². The Kier molecular flexibility index (Phi) is 5.00. The van der Waals surface area contributed by atoms with Gasteiger partial charge >= 0.3 is 12.4 Å². The van der Waals surface area contributed by atoms with Gasteiger partial charge in [0, 0.05) is 11.8 Å². The van der Waals surface area contributed by atoms with Crippen molar-refractivity contribution in [2.75, 3.05) is 12.3 Å². The van der Waals surface area contributed by atoms with E-state index in [1.165, 1.54) is 6.20 Å². The first-order chi connectivity index (χ1) is 10.1. The third-order valence-corrected chi connectivity index (χ3v) is 3.99. The van der Waals surface area contributed by atoms with Gasteiger partial charge < -0.3 is 35.0 Å². The van der Waals surface area contributed by atoms with Gasteiger partial charge in [0.2, 0.25) is 0 Å². The van der Waals surface area contributed by atoms with Crippen LogP contribution in [0.5, 0.6) is 0 Å². The third-order valence-electron chi connectivity index (χ3n) is 3.19. The Morgan fingerprint density at radius 2 is 2.14 bits per heavy atom. The smallest absolute Gasteiger partial charge is 0.351 e. The van der Waals surface area contributed by atoms with Crippen LogP contribution in [-0.4, -0.2) is 54.5 Å². The fraction of sp³-hybridized carbons (Fsp3) is 0.600. The van der Waals surface area contributed by atoms with E-state index < -0.39 is 43.6 Å². The highest BCUT2D eigenvalue weighted by Gasteiger charge is 2.44. The summed E-state index contributed by atoms with van der Waals surface area (Å²) in [5, 5.41) is 19.9. The van der Waals surface area contributed by atoms with Crippen LogP contribution in [0.4, 0.5) is 5.82 Å². The lowest BCUT2D eigenvalue weighted by atomic mass is 10.1. The topological polar surface area (TPSA) is 160 Å². The first-order valence-electron chi connectivity index (χ1n) is 6.17. The van der Waals surface area contributed by atoms with E-state index in [2.05, 4.69) is 21.3 Å². The molecule has 2 rings (SSSR count). The van der Waals surface area contributed by atoms with Crippen LogP contribution < -0.4 is 11.4 Å². The molecule has 124 valence electrons. The second-order valence-corrected chi connectivity index (χ2v) is 7.50. The van der Waals surface area contributed by atoms with Crippen LogP contribution in [0.15, 0.2) is 11.0 Å². The Hall–Kier alpha value is -0.910. The van der Waals surface area contributed by atoms with Crippen molar-refractivity contribution in [3.05, 3.63) is 22.2 Å². The number of aliphatic hydroxyl groups is 2. The van der Waals surface area contributed by atoms with Crippen molar-refractivity contribution in [3.63, 3.8) is 0 Å². The zero-order chi connectivity index (χ0) is 16.7. The maximum atomic E-state index is 11.8. The second-order valence-electron chi connectivity index (χ2n) is 4.83. The van der Waals surface area contributed by atoms with Gasteiger partial charge in [0.25, 0.3) is 0 Å². The SMILES string of the molecule is Cc1cn([C@@H]2O[C@H](COP(O)(O)=S)[C@@H](O)[C@H]2O)c(=O)nc1N. The van der Waals surface area contributed by atoms with Gasteiger partial charge in [-0.2, -0.15) is 4.98 Å². The summed E-state index contributed by atoms with van der Waals surface area (Å²) in [5.74, 6) is 0.0513. The summed E-state index contributed by atoms with van der Waals surface area (Å²) in [5.41, 5.74) is 5.25. The minimum absolute atomic E-state index is 0.0513. The van der Waals surface area contributed by atoms with Crippen LogP contribution in [0.25, 0.3) is 0 Å². The molecule has 0 spiro atoms. The van der Waals surface area contributed by atoms with Gasteiger partial charge in [0.1, 0.15) is 24.1 Å². The molecule has 0 aliphatic carbocycles. The van der Waals surface area contributed by atoms with Crippen LogP contribution in [0.2, 0.25) is 0 Å². The molecule has 0 aromatic carbocycles. The Labute approximate surface area is 130 Å². The van der Waals surface area contributed by atoms with Crippen molar-refractivity contribution in [2.45, 2.75) is 31.5 Å². The van der Waals surface area contributed by atoms with E-state index in [1.54, 1.807) is 6.92 Å². The summed E-state index contributed by atoms with van der Waals surface area (Å²) in [6.07, 6.45) is -3.80. The van der Waals surface area contributed by atoms with Crippen molar-refractivity contribution in [1.29, 1.82) is 0 Å². The molecule has 0 amide bonds. The molecule has 0 unspecified atom stereocenters. The minimum Gasteiger partial charge on any atom is -0.387 e. The molecule has 10 nitrogen and oxygen atoms in total. The molecule has 0 radical (unpaired) electrons. The predicted octanol–water partition coefficient (Wildman–Crippen LogP) is -2.02. The zero-order valence-electron chi connectivity index (χ0n) is 11.4. The lowest BCUT2D eigenvalue weighted by molar-refractivity contribution is -0.0527. The quantitative estimate of drug-likeness (QED) is 0.382. The molecule has 4 atom stereocenters. The van der Waals surface area contributed by atoms with E-state index in [-0.39, 0.29) is 5.82 Å².